The number of rotatable bonds is 4. The number of nitrogens with zero attached hydrogens (tertiary/aromatic N) is 1. The van der Waals surface area contributed by atoms with Crippen LogP contribution in [-0.4, -0.2) is 23.0 Å². The van der Waals surface area contributed by atoms with Crippen LogP contribution in [0.25, 0.3) is 0 Å². The molecule has 1 aromatic heterocycles. The van der Waals surface area contributed by atoms with Crippen molar-refractivity contribution in [3.05, 3.63) is 23.5 Å². The van der Waals surface area contributed by atoms with Gasteiger partial charge >= 0.3 is 0 Å². The van der Waals surface area contributed by atoms with Gasteiger partial charge in [-0.25, -0.2) is 4.98 Å². The Morgan fingerprint density at radius 3 is 2.67 bits per heavy atom. The molecule has 0 spiro atoms. The van der Waals surface area contributed by atoms with E-state index in [1.807, 2.05) is 6.92 Å². The van der Waals surface area contributed by atoms with Crippen molar-refractivity contribution in [2.24, 2.45) is 0 Å². The summed E-state index contributed by atoms with van der Waals surface area (Å²) in [6, 6.07) is 4.00. The van der Waals surface area contributed by atoms with Gasteiger partial charge in [-0.05, 0) is 44.7 Å². The maximum Gasteiger partial charge on any atom is 0.282 e. The molecule has 5 heteroatoms. The molecule has 1 aromatic rings. The van der Waals surface area contributed by atoms with Crippen LogP contribution in [0.15, 0.2) is 18.3 Å². The lowest BCUT2D eigenvalue weighted by Crippen LogP contribution is -2.96. The third kappa shape index (κ3) is 5.29. The van der Waals surface area contributed by atoms with Crippen molar-refractivity contribution in [1.82, 2.24) is 4.98 Å². The van der Waals surface area contributed by atoms with E-state index in [0.717, 1.165) is 0 Å². The number of carbonyl (C=O) groups is 1. The van der Waals surface area contributed by atoms with E-state index in [0.29, 0.717) is 16.9 Å². The fourth-order valence-electron chi connectivity index (χ4n) is 2.90. The zero-order valence-corrected chi connectivity index (χ0v) is 13.4. The van der Waals surface area contributed by atoms with Crippen LogP contribution in [0.2, 0.25) is 5.15 Å². The summed E-state index contributed by atoms with van der Waals surface area (Å²) in [4.78, 5) is 16.2. The standard InChI is InChI=1S/C16H24ClN3O/c1-12(19-13-8-5-3-2-4-6-9-13)16(21)20-14-10-7-11-18-15(14)17/h7,10-13,19H,2-6,8-9H2,1H3,(H,20,21)/p+1/t12-/m0/s1. The molecule has 0 unspecified atom stereocenters. The number of hydrogen-bond donors (Lipinski definition) is 2. The smallest absolute Gasteiger partial charge is 0.282 e. The number of anilines is 1. The van der Waals surface area contributed by atoms with Gasteiger partial charge in [0.25, 0.3) is 5.91 Å². The number of aromatic nitrogens is 1. The van der Waals surface area contributed by atoms with Crippen LogP contribution in [0, 0.1) is 0 Å². The van der Waals surface area contributed by atoms with Gasteiger partial charge in [0, 0.05) is 6.20 Å². The van der Waals surface area contributed by atoms with E-state index in [1.165, 1.54) is 44.9 Å². The van der Waals surface area contributed by atoms with Crippen LogP contribution in [-0.2, 0) is 4.79 Å². The Kier molecular flexibility index (Phi) is 6.46. The van der Waals surface area contributed by atoms with Crippen molar-refractivity contribution in [1.29, 1.82) is 0 Å². The van der Waals surface area contributed by atoms with E-state index >= 15 is 0 Å². The number of amides is 1. The summed E-state index contributed by atoms with van der Waals surface area (Å²) in [5.74, 6) is -0.00744. The van der Waals surface area contributed by atoms with Gasteiger partial charge in [0.2, 0.25) is 0 Å². The van der Waals surface area contributed by atoms with E-state index in [4.69, 9.17) is 11.6 Å². The molecule has 0 bridgehead atoms. The summed E-state index contributed by atoms with van der Waals surface area (Å²) in [7, 11) is 0. The topological polar surface area (TPSA) is 58.6 Å². The third-order valence-corrected chi connectivity index (χ3v) is 4.44. The molecule has 0 saturated heterocycles. The SMILES string of the molecule is C[C@H]([NH2+]C1CCCCCCC1)C(=O)Nc1cccnc1Cl. The molecule has 2 rings (SSSR count). The fraction of sp³-hybridized carbons (Fsp3) is 0.625. The zero-order chi connectivity index (χ0) is 15.1. The summed E-state index contributed by atoms with van der Waals surface area (Å²) >= 11 is 5.97. The lowest BCUT2D eigenvalue weighted by Gasteiger charge is -2.21. The van der Waals surface area contributed by atoms with E-state index < -0.39 is 0 Å². The molecule has 1 amide bonds. The molecule has 1 atom stereocenters. The molecule has 0 aliphatic heterocycles. The number of hydrogen-bond acceptors (Lipinski definition) is 2. The Balaban J connectivity index is 1.85. The van der Waals surface area contributed by atoms with E-state index in [9.17, 15) is 4.79 Å². The Morgan fingerprint density at radius 1 is 1.33 bits per heavy atom. The highest BCUT2D eigenvalue weighted by atomic mass is 35.5. The second kappa shape index (κ2) is 8.35. The summed E-state index contributed by atoms with van der Waals surface area (Å²) in [5.41, 5.74) is 0.585. The Labute approximate surface area is 131 Å². The highest BCUT2D eigenvalue weighted by Gasteiger charge is 2.22. The number of carbonyl (C=O) groups excluding carboxylic acids is 1. The average Bonchev–Trinajstić information content (AvgIpc) is 2.44. The Hall–Kier alpha value is -1.13. The molecule has 1 fully saturated rings. The summed E-state index contributed by atoms with van der Waals surface area (Å²) in [5, 5.41) is 5.41. The van der Waals surface area contributed by atoms with Crippen molar-refractivity contribution < 1.29 is 10.1 Å². The molecule has 0 aromatic carbocycles. The molecule has 1 aliphatic carbocycles. The van der Waals surface area contributed by atoms with Gasteiger partial charge in [0.15, 0.2) is 11.2 Å². The second-order valence-corrected chi connectivity index (χ2v) is 6.28. The summed E-state index contributed by atoms with van der Waals surface area (Å²) < 4.78 is 0. The van der Waals surface area contributed by atoms with E-state index in [-0.39, 0.29) is 11.9 Å². The highest BCUT2D eigenvalue weighted by molar-refractivity contribution is 6.32. The molecule has 1 saturated carbocycles. The normalized spacial score (nSPS) is 18.6. The van der Waals surface area contributed by atoms with Gasteiger partial charge in [0.1, 0.15) is 0 Å². The van der Waals surface area contributed by atoms with Crippen molar-refractivity contribution in [3.8, 4) is 0 Å². The molecule has 116 valence electrons. The van der Waals surface area contributed by atoms with Gasteiger partial charge in [-0.2, -0.15) is 0 Å². The first-order valence-corrected chi connectivity index (χ1v) is 8.31. The first-order chi connectivity index (χ1) is 10.2. The largest absolute Gasteiger partial charge is 0.334 e. The van der Waals surface area contributed by atoms with Crippen LogP contribution in [0.1, 0.15) is 51.9 Å². The van der Waals surface area contributed by atoms with Crippen LogP contribution >= 0.6 is 11.6 Å². The van der Waals surface area contributed by atoms with Gasteiger partial charge in [-0.15, -0.1) is 0 Å². The molecular formula is C16H25ClN3O+. The monoisotopic (exact) mass is 310 g/mol. The predicted molar refractivity (Wildman–Crippen MR) is 85.4 cm³/mol. The highest BCUT2D eigenvalue weighted by Crippen LogP contribution is 2.18. The van der Waals surface area contributed by atoms with Gasteiger partial charge in [-0.3, -0.25) is 4.79 Å². The quantitative estimate of drug-likeness (QED) is 0.840. The van der Waals surface area contributed by atoms with Crippen molar-refractivity contribution >= 4 is 23.2 Å². The zero-order valence-electron chi connectivity index (χ0n) is 12.6. The van der Waals surface area contributed by atoms with Gasteiger partial charge < -0.3 is 10.6 Å². The van der Waals surface area contributed by atoms with Crippen molar-refractivity contribution in [2.45, 2.75) is 64.0 Å². The Bertz CT molecular complexity index is 459. The van der Waals surface area contributed by atoms with Gasteiger partial charge in [-0.1, -0.05) is 30.9 Å². The molecular weight excluding hydrogens is 286 g/mol. The lowest BCUT2D eigenvalue weighted by atomic mass is 9.96. The Morgan fingerprint density at radius 2 is 2.00 bits per heavy atom. The molecule has 1 heterocycles. The van der Waals surface area contributed by atoms with Crippen molar-refractivity contribution in [3.63, 3.8) is 0 Å². The minimum atomic E-state index is -0.106. The van der Waals surface area contributed by atoms with Crippen molar-refractivity contribution in [2.75, 3.05) is 5.32 Å². The number of quaternary nitrogens is 1. The third-order valence-electron chi connectivity index (χ3n) is 4.14. The molecule has 0 radical (unpaired) electrons. The number of nitrogens with two attached hydrogens (primary N) is 1. The van der Waals surface area contributed by atoms with Crippen LogP contribution < -0.4 is 10.6 Å². The fourth-order valence-corrected chi connectivity index (χ4v) is 3.07. The number of pyridine rings is 1. The van der Waals surface area contributed by atoms with Gasteiger partial charge in [0.05, 0.1) is 11.7 Å². The molecule has 1 aliphatic rings. The van der Waals surface area contributed by atoms with Crippen LogP contribution in [0.3, 0.4) is 0 Å². The maximum atomic E-state index is 12.3. The predicted octanol–water partition coefficient (Wildman–Crippen LogP) is 2.74. The van der Waals surface area contributed by atoms with E-state index in [2.05, 4.69) is 15.6 Å². The lowest BCUT2D eigenvalue weighted by molar-refractivity contribution is -0.707. The average molecular weight is 311 g/mol. The van der Waals surface area contributed by atoms with E-state index in [1.54, 1.807) is 18.3 Å². The second-order valence-electron chi connectivity index (χ2n) is 5.92. The first-order valence-electron chi connectivity index (χ1n) is 7.93. The first kappa shape index (κ1) is 16.2. The number of nitrogens with one attached hydrogen (secondary N) is 1. The summed E-state index contributed by atoms with van der Waals surface area (Å²) in [6.07, 6.45) is 10.6. The maximum absolute atomic E-state index is 12.3. The minimum Gasteiger partial charge on any atom is -0.334 e. The molecule has 21 heavy (non-hydrogen) atoms. The summed E-state index contributed by atoms with van der Waals surface area (Å²) in [6.45, 7) is 1.96. The molecule has 4 nitrogen and oxygen atoms in total. The minimum absolute atomic E-state index is 0.00744. The van der Waals surface area contributed by atoms with Crippen LogP contribution in [0.5, 0.6) is 0 Å². The number of halogens is 1. The van der Waals surface area contributed by atoms with Crippen LogP contribution in [0.4, 0.5) is 5.69 Å². The molecule has 3 N–H and O–H groups in total.